The molecule has 0 atom stereocenters. The first-order valence-electron chi connectivity index (χ1n) is 7.41. The average molecular weight is 329 g/mol. The number of hydrogen-bond donors (Lipinski definition) is 2. The number of pyridine rings is 1. The van der Waals surface area contributed by atoms with E-state index in [4.69, 9.17) is 0 Å². The van der Waals surface area contributed by atoms with Crippen molar-refractivity contribution >= 4 is 26.6 Å². The highest BCUT2D eigenvalue weighted by atomic mass is 32.2. The largest absolute Gasteiger partial charge is 0.369 e. The van der Waals surface area contributed by atoms with Crippen LogP contribution in [0.4, 0.5) is 5.82 Å². The van der Waals surface area contributed by atoms with Gasteiger partial charge in [0.1, 0.15) is 10.7 Å². The molecule has 0 fully saturated rings. The minimum absolute atomic E-state index is 0.231. The Morgan fingerprint density at radius 2 is 2.04 bits per heavy atom. The van der Waals surface area contributed by atoms with Gasteiger partial charge in [-0.15, -0.1) is 0 Å². The molecule has 0 saturated carbocycles. The number of benzene rings is 1. The lowest BCUT2D eigenvalue weighted by Gasteiger charge is -2.09. The van der Waals surface area contributed by atoms with E-state index in [0.717, 1.165) is 11.9 Å². The standard InChI is InChI=1S/C17H19N3O2S/c1-12-5-3-6-14-13(11-20-16(12)14)8-10-19-17-15(23(2,21)22)7-4-9-18-17/h3-7,9,11,20H,8,10H2,1-2H3,(H,18,19). The third-order valence-electron chi connectivity index (χ3n) is 3.87. The molecule has 23 heavy (non-hydrogen) atoms. The number of para-hydroxylation sites is 1. The van der Waals surface area contributed by atoms with Gasteiger partial charge in [0, 0.05) is 36.1 Å². The first kappa shape index (κ1) is 15.6. The normalized spacial score (nSPS) is 11.7. The van der Waals surface area contributed by atoms with Crippen LogP contribution >= 0.6 is 0 Å². The molecule has 0 unspecified atom stereocenters. The van der Waals surface area contributed by atoms with E-state index >= 15 is 0 Å². The van der Waals surface area contributed by atoms with E-state index in [1.807, 2.05) is 12.3 Å². The van der Waals surface area contributed by atoms with E-state index in [1.165, 1.54) is 22.8 Å². The van der Waals surface area contributed by atoms with Gasteiger partial charge in [0.25, 0.3) is 0 Å². The van der Waals surface area contributed by atoms with Crippen LogP contribution in [0.2, 0.25) is 0 Å². The summed E-state index contributed by atoms with van der Waals surface area (Å²) in [7, 11) is -3.29. The molecule has 2 N–H and O–H groups in total. The molecule has 0 radical (unpaired) electrons. The molecule has 0 bridgehead atoms. The Hall–Kier alpha value is -2.34. The van der Waals surface area contributed by atoms with Crippen LogP contribution in [0, 0.1) is 6.92 Å². The van der Waals surface area contributed by atoms with Crippen molar-refractivity contribution in [1.82, 2.24) is 9.97 Å². The molecule has 0 amide bonds. The Morgan fingerprint density at radius 1 is 1.22 bits per heavy atom. The number of nitrogens with one attached hydrogen (secondary N) is 2. The van der Waals surface area contributed by atoms with Crippen LogP contribution in [-0.4, -0.2) is 31.2 Å². The molecule has 3 aromatic rings. The maximum Gasteiger partial charge on any atom is 0.179 e. The monoisotopic (exact) mass is 329 g/mol. The molecule has 0 spiro atoms. The topological polar surface area (TPSA) is 74.8 Å². The molecule has 0 aliphatic carbocycles. The van der Waals surface area contributed by atoms with Crippen LogP contribution in [0.1, 0.15) is 11.1 Å². The highest BCUT2D eigenvalue weighted by Crippen LogP contribution is 2.22. The van der Waals surface area contributed by atoms with Gasteiger partial charge < -0.3 is 10.3 Å². The van der Waals surface area contributed by atoms with Gasteiger partial charge in [-0.25, -0.2) is 13.4 Å². The lowest BCUT2D eigenvalue weighted by molar-refractivity contribution is 0.602. The minimum Gasteiger partial charge on any atom is -0.369 e. The van der Waals surface area contributed by atoms with Gasteiger partial charge in [-0.05, 0) is 36.6 Å². The second-order valence-corrected chi connectivity index (χ2v) is 7.59. The quantitative estimate of drug-likeness (QED) is 0.755. The van der Waals surface area contributed by atoms with Crippen LogP contribution in [0.15, 0.2) is 47.6 Å². The van der Waals surface area contributed by atoms with Crippen LogP contribution in [0.25, 0.3) is 10.9 Å². The predicted molar refractivity (Wildman–Crippen MR) is 92.6 cm³/mol. The third-order valence-corrected chi connectivity index (χ3v) is 4.99. The van der Waals surface area contributed by atoms with Gasteiger partial charge >= 0.3 is 0 Å². The van der Waals surface area contributed by atoms with E-state index < -0.39 is 9.84 Å². The van der Waals surface area contributed by atoms with Gasteiger partial charge in [-0.3, -0.25) is 0 Å². The van der Waals surface area contributed by atoms with E-state index in [0.29, 0.717) is 12.4 Å². The maximum atomic E-state index is 11.8. The number of aryl methyl sites for hydroxylation is 1. The molecule has 1 aromatic carbocycles. The first-order valence-corrected chi connectivity index (χ1v) is 9.30. The number of H-pyrrole nitrogens is 1. The molecular weight excluding hydrogens is 310 g/mol. The molecule has 2 aromatic heterocycles. The van der Waals surface area contributed by atoms with Crippen molar-refractivity contribution in [3.8, 4) is 0 Å². The van der Waals surface area contributed by atoms with Crippen molar-refractivity contribution in [2.75, 3.05) is 18.1 Å². The zero-order valence-electron chi connectivity index (χ0n) is 13.1. The number of nitrogens with zero attached hydrogens (tertiary/aromatic N) is 1. The summed E-state index contributed by atoms with van der Waals surface area (Å²) >= 11 is 0. The maximum absolute atomic E-state index is 11.8. The van der Waals surface area contributed by atoms with Crippen molar-refractivity contribution < 1.29 is 8.42 Å². The van der Waals surface area contributed by atoms with Crippen molar-refractivity contribution in [2.45, 2.75) is 18.2 Å². The molecule has 6 heteroatoms. The number of aromatic amines is 1. The molecule has 120 valence electrons. The summed E-state index contributed by atoms with van der Waals surface area (Å²) in [6, 6.07) is 9.41. The second-order valence-electron chi connectivity index (χ2n) is 5.61. The minimum atomic E-state index is -3.29. The number of sulfone groups is 1. The van der Waals surface area contributed by atoms with Gasteiger partial charge in [-0.1, -0.05) is 18.2 Å². The Kier molecular flexibility index (Phi) is 4.09. The lowest BCUT2D eigenvalue weighted by Crippen LogP contribution is -2.10. The SMILES string of the molecule is Cc1cccc2c(CCNc3ncccc3S(C)(=O)=O)c[nH]c12. The Labute approximate surface area is 135 Å². The van der Waals surface area contributed by atoms with Gasteiger partial charge in [0.2, 0.25) is 0 Å². The summed E-state index contributed by atoms with van der Waals surface area (Å²) in [6.45, 7) is 2.69. The molecule has 0 saturated heterocycles. The molecule has 0 aliphatic heterocycles. The van der Waals surface area contributed by atoms with Crippen molar-refractivity contribution in [2.24, 2.45) is 0 Å². The molecule has 5 nitrogen and oxygen atoms in total. The van der Waals surface area contributed by atoms with Crippen LogP contribution in [0.3, 0.4) is 0 Å². The fourth-order valence-electron chi connectivity index (χ4n) is 2.71. The van der Waals surface area contributed by atoms with E-state index in [-0.39, 0.29) is 4.90 Å². The highest BCUT2D eigenvalue weighted by molar-refractivity contribution is 7.90. The summed E-state index contributed by atoms with van der Waals surface area (Å²) in [6.07, 6.45) is 5.57. The predicted octanol–water partition coefficient (Wildman–Crippen LogP) is 2.93. The summed E-state index contributed by atoms with van der Waals surface area (Å²) in [5.41, 5.74) is 3.57. The second kappa shape index (κ2) is 6.04. The Balaban J connectivity index is 1.76. The van der Waals surface area contributed by atoms with E-state index in [2.05, 4.69) is 34.3 Å². The summed E-state index contributed by atoms with van der Waals surface area (Å²) < 4.78 is 23.5. The van der Waals surface area contributed by atoms with Crippen molar-refractivity contribution in [3.05, 3.63) is 53.9 Å². The summed E-state index contributed by atoms with van der Waals surface area (Å²) in [5.74, 6) is 0.408. The van der Waals surface area contributed by atoms with Crippen molar-refractivity contribution in [3.63, 3.8) is 0 Å². The summed E-state index contributed by atoms with van der Waals surface area (Å²) in [5, 5.41) is 4.34. The van der Waals surface area contributed by atoms with E-state index in [1.54, 1.807) is 18.3 Å². The molecule has 3 rings (SSSR count). The van der Waals surface area contributed by atoms with Crippen LogP contribution in [0.5, 0.6) is 0 Å². The van der Waals surface area contributed by atoms with Crippen LogP contribution < -0.4 is 5.32 Å². The highest BCUT2D eigenvalue weighted by Gasteiger charge is 2.13. The number of rotatable bonds is 5. The smallest absolute Gasteiger partial charge is 0.179 e. The average Bonchev–Trinajstić information content (AvgIpc) is 2.92. The molecule has 2 heterocycles. The zero-order valence-corrected chi connectivity index (χ0v) is 13.9. The van der Waals surface area contributed by atoms with Gasteiger partial charge in [0.15, 0.2) is 9.84 Å². The fourth-order valence-corrected chi connectivity index (χ4v) is 3.51. The van der Waals surface area contributed by atoms with Crippen molar-refractivity contribution in [1.29, 1.82) is 0 Å². The summed E-state index contributed by atoms with van der Waals surface area (Å²) in [4.78, 5) is 7.68. The Morgan fingerprint density at radius 3 is 2.83 bits per heavy atom. The van der Waals surface area contributed by atoms with Gasteiger partial charge in [0.05, 0.1) is 0 Å². The lowest BCUT2D eigenvalue weighted by atomic mass is 10.1. The van der Waals surface area contributed by atoms with Gasteiger partial charge in [-0.2, -0.15) is 0 Å². The third kappa shape index (κ3) is 3.22. The zero-order chi connectivity index (χ0) is 16.4. The first-order chi connectivity index (χ1) is 11.0. The number of hydrogen-bond acceptors (Lipinski definition) is 4. The number of anilines is 1. The Bertz CT molecular complexity index is 945. The number of aromatic nitrogens is 2. The van der Waals surface area contributed by atoms with E-state index in [9.17, 15) is 8.42 Å². The fraction of sp³-hybridized carbons (Fsp3) is 0.235. The number of fused-ring (bicyclic) bond motifs is 1. The molecular formula is C17H19N3O2S. The molecule has 0 aliphatic rings. The van der Waals surface area contributed by atoms with Crippen LogP contribution in [-0.2, 0) is 16.3 Å².